The molecule has 1 atom stereocenters. The molecule has 0 bridgehead atoms. The second kappa shape index (κ2) is 9.23. The van der Waals surface area contributed by atoms with Gasteiger partial charge in [0.25, 0.3) is 0 Å². The van der Waals surface area contributed by atoms with Crippen LogP contribution in [0.5, 0.6) is 11.5 Å². The predicted octanol–water partition coefficient (Wildman–Crippen LogP) is 3.68. The summed E-state index contributed by atoms with van der Waals surface area (Å²) in [4.78, 5) is 13.1. The molecule has 0 heterocycles. The summed E-state index contributed by atoms with van der Waals surface area (Å²) >= 11 is 1.53. The van der Waals surface area contributed by atoms with Gasteiger partial charge in [-0.15, -0.1) is 11.8 Å². The van der Waals surface area contributed by atoms with Crippen LogP contribution in [0.2, 0.25) is 0 Å². The Bertz CT molecular complexity index is 641. The Balaban J connectivity index is 1.69. The molecule has 0 radical (unpaired) electrons. The number of ether oxygens (including phenoxy) is 2. The van der Waals surface area contributed by atoms with Crippen LogP contribution in [0.25, 0.3) is 0 Å². The molecule has 0 aliphatic carbocycles. The zero-order valence-corrected chi connectivity index (χ0v) is 15.1. The van der Waals surface area contributed by atoms with Gasteiger partial charge in [-0.05, 0) is 50.2 Å². The van der Waals surface area contributed by atoms with Crippen molar-refractivity contribution in [3.8, 4) is 11.5 Å². The van der Waals surface area contributed by atoms with Gasteiger partial charge in [0.2, 0.25) is 5.91 Å². The third-order valence-corrected chi connectivity index (χ3v) is 4.37. The molecule has 1 amide bonds. The minimum absolute atomic E-state index is 0.00593. The van der Waals surface area contributed by atoms with Crippen molar-refractivity contribution in [2.24, 2.45) is 0 Å². The van der Waals surface area contributed by atoms with Crippen molar-refractivity contribution >= 4 is 17.7 Å². The van der Waals surface area contributed by atoms with Crippen molar-refractivity contribution in [2.45, 2.75) is 24.8 Å². The lowest BCUT2D eigenvalue weighted by Crippen LogP contribution is -2.37. The van der Waals surface area contributed by atoms with E-state index in [4.69, 9.17) is 9.47 Å². The number of carbonyl (C=O) groups is 1. The molecule has 2 aromatic carbocycles. The quantitative estimate of drug-likeness (QED) is 0.742. The van der Waals surface area contributed by atoms with Gasteiger partial charge in [0, 0.05) is 4.90 Å². The van der Waals surface area contributed by atoms with Gasteiger partial charge in [-0.3, -0.25) is 4.79 Å². The summed E-state index contributed by atoms with van der Waals surface area (Å²) in [5, 5.41) is 2.94. The predicted molar refractivity (Wildman–Crippen MR) is 98.0 cm³/mol. The Morgan fingerprint density at radius 3 is 2.33 bits per heavy atom. The molecule has 0 saturated carbocycles. The summed E-state index contributed by atoms with van der Waals surface area (Å²) in [5.41, 5.74) is 1.22. The summed E-state index contributed by atoms with van der Waals surface area (Å²) < 4.78 is 10.8. The summed E-state index contributed by atoms with van der Waals surface area (Å²) in [7, 11) is 1.63. The fraction of sp³-hybridized carbons (Fsp3) is 0.316. The monoisotopic (exact) mass is 345 g/mol. The average Bonchev–Trinajstić information content (AvgIpc) is 2.60. The second-order valence-corrected chi connectivity index (χ2v) is 6.61. The first kappa shape index (κ1) is 18.2. The fourth-order valence-electron chi connectivity index (χ4n) is 2.03. The lowest BCUT2D eigenvalue weighted by atomic mass is 10.2. The molecule has 0 saturated heterocycles. The maximum Gasteiger partial charge on any atom is 0.230 e. The van der Waals surface area contributed by atoms with Crippen LogP contribution in [0.4, 0.5) is 0 Å². The molecule has 1 unspecified atom stereocenters. The number of hydrogen-bond acceptors (Lipinski definition) is 4. The minimum Gasteiger partial charge on any atom is -0.497 e. The Labute approximate surface area is 147 Å². The van der Waals surface area contributed by atoms with Crippen LogP contribution in [0.15, 0.2) is 53.4 Å². The first-order valence-electron chi connectivity index (χ1n) is 7.82. The Kier molecular flexibility index (Phi) is 7.00. The highest BCUT2D eigenvalue weighted by atomic mass is 32.2. The third kappa shape index (κ3) is 6.16. The zero-order valence-electron chi connectivity index (χ0n) is 14.2. The number of hydrogen-bond donors (Lipinski definition) is 1. The summed E-state index contributed by atoms with van der Waals surface area (Å²) in [5.74, 6) is 1.95. The van der Waals surface area contributed by atoms with E-state index in [9.17, 15) is 4.79 Å². The van der Waals surface area contributed by atoms with Crippen LogP contribution in [-0.2, 0) is 4.79 Å². The lowest BCUT2D eigenvalue weighted by molar-refractivity contribution is -0.119. The standard InChI is InChI=1S/C19H23NO3S/c1-14-4-10-18(11-5-14)24-13-19(21)20-15(2)12-23-17-8-6-16(22-3)7-9-17/h4-11,15H,12-13H2,1-3H3,(H,20,21). The molecule has 24 heavy (non-hydrogen) atoms. The molecule has 128 valence electrons. The normalized spacial score (nSPS) is 11.6. The highest BCUT2D eigenvalue weighted by Crippen LogP contribution is 2.18. The van der Waals surface area contributed by atoms with E-state index in [1.807, 2.05) is 62.4 Å². The van der Waals surface area contributed by atoms with Gasteiger partial charge in [0.1, 0.15) is 18.1 Å². The van der Waals surface area contributed by atoms with Crippen LogP contribution in [0.1, 0.15) is 12.5 Å². The van der Waals surface area contributed by atoms with Crippen LogP contribution in [-0.4, -0.2) is 31.4 Å². The average molecular weight is 345 g/mol. The maximum absolute atomic E-state index is 12.0. The summed E-state index contributed by atoms with van der Waals surface area (Å²) in [6, 6.07) is 15.5. The highest BCUT2D eigenvalue weighted by Gasteiger charge is 2.09. The van der Waals surface area contributed by atoms with Crippen molar-refractivity contribution in [2.75, 3.05) is 19.5 Å². The van der Waals surface area contributed by atoms with E-state index in [1.54, 1.807) is 7.11 Å². The van der Waals surface area contributed by atoms with Gasteiger partial charge in [-0.25, -0.2) is 0 Å². The largest absolute Gasteiger partial charge is 0.497 e. The topological polar surface area (TPSA) is 47.6 Å². The lowest BCUT2D eigenvalue weighted by Gasteiger charge is -2.15. The number of carbonyl (C=O) groups excluding carboxylic acids is 1. The van der Waals surface area contributed by atoms with Crippen LogP contribution in [0, 0.1) is 6.92 Å². The maximum atomic E-state index is 12.0. The molecular weight excluding hydrogens is 322 g/mol. The van der Waals surface area contributed by atoms with Crippen molar-refractivity contribution < 1.29 is 14.3 Å². The smallest absolute Gasteiger partial charge is 0.230 e. The van der Waals surface area contributed by atoms with E-state index in [0.29, 0.717) is 12.4 Å². The SMILES string of the molecule is COc1ccc(OCC(C)NC(=O)CSc2ccc(C)cc2)cc1. The number of thioether (sulfide) groups is 1. The number of amides is 1. The van der Waals surface area contributed by atoms with Gasteiger partial charge >= 0.3 is 0 Å². The second-order valence-electron chi connectivity index (χ2n) is 5.56. The number of rotatable bonds is 8. The van der Waals surface area contributed by atoms with E-state index >= 15 is 0 Å². The van der Waals surface area contributed by atoms with Gasteiger partial charge < -0.3 is 14.8 Å². The van der Waals surface area contributed by atoms with E-state index < -0.39 is 0 Å². The fourth-order valence-corrected chi connectivity index (χ4v) is 2.74. The van der Waals surface area contributed by atoms with Gasteiger partial charge in [0.05, 0.1) is 18.9 Å². The van der Waals surface area contributed by atoms with E-state index in [-0.39, 0.29) is 11.9 Å². The van der Waals surface area contributed by atoms with E-state index in [2.05, 4.69) is 5.32 Å². The Hall–Kier alpha value is -2.14. The van der Waals surface area contributed by atoms with Crippen molar-refractivity contribution in [3.63, 3.8) is 0 Å². The summed E-state index contributed by atoms with van der Waals surface area (Å²) in [6.07, 6.45) is 0. The number of nitrogens with one attached hydrogen (secondary N) is 1. The molecule has 0 aliphatic rings. The third-order valence-electron chi connectivity index (χ3n) is 3.36. The van der Waals surface area contributed by atoms with Crippen LogP contribution >= 0.6 is 11.8 Å². The Morgan fingerprint density at radius 1 is 1.08 bits per heavy atom. The molecule has 2 aromatic rings. The molecular formula is C19H23NO3S. The van der Waals surface area contributed by atoms with Crippen molar-refractivity contribution in [3.05, 3.63) is 54.1 Å². The number of methoxy groups -OCH3 is 1. The van der Waals surface area contributed by atoms with Gasteiger partial charge in [-0.2, -0.15) is 0 Å². The molecule has 0 aromatic heterocycles. The first-order chi connectivity index (χ1) is 11.6. The van der Waals surface area contributed by atoms with Crippen LogP contribution in [0.3, 0.4) is 0 Å². The number of aryl methyl sites for hydroxylation is 1. The van der Waals surface area contributed by atoms with E-state index in [0.717, 1.165) is 16.4 Å². The minimum atomic E-state index is -0.0572. The van der Waals surface area contributed by atoms with Crippen molar-refractivity contribution in [1.29, 1.82) is 0 Å². The first-order valence-corrected chi connectivity index (χ1v) is 8.81. The van der Waals surface area contributed by atoms with Crippen molar-refractivity contribution in [1.82, 2.24) is 5.32 Å². The number of benzene rings is 2. The molecule has 1 N–H and O–H groups in total. The molecule has 0 spiro atoms. The molecule has 0 aliphatic heterocycles. The Morgan fingerprint density at radius 2 is 1.71 bits per heavy atom. The molecule has 0 fully saturated rings. The van der Waals surface area contributed by atoms with E-state index in [1.165, 1.54) is 17.3 Å². The van der Waals surface area contributed by atoms with Gasteiger partial charge in [0.15, 0.2) is 0 Å². The molecule has 2 rings (SSSR count). The highest BCUT2D eigenvalue weighted by molar-refractivity contribution is 8.00. The molecule has 4 nitrogen and oxygen atoms in total. The zero-order chi connectivity index (χ0) is 17.4. The molecule has 5 heteroatoms. The summed E-state index contributed by atoms with van der Waals surface area (Å²) in [6.45, 7) is 4.40. The van der Waals surface area contributed by atoms with Gasteiger partial charge in [-0.1, -0.05) is 17.7 Å². The van der Waals surface area contributed by atoms with Crippen LogP contribution < -0.4 is 14.8 Å².